The Morgan fingerprint density at radius 1 is 0.867 bits per heavy atom. The topological polar surface area (TPSA) is 92.5 Å². The summed E-state index contributed by atoms with van der Waals surface area (Å²) in [5, 5.41) is 0. The van der Waals surface area contributed by atoms with Crippen LogP contribution in [0.1, 0.15) is 22.3 Å². The minimum atomic E-state index is -3.73. The van der Waals surface area contributed by atoms with Crippen LogP contribution in [0.3, 0.4) is 0 Å². The number of hydrogen-bond donors (Lipinski definition) is 2. The van der Waals surface area contributed by atoms with Crippen LogP contribution in [0.25, 0.3) is 0 Å². The lowest BCUT2D eigenvalue weighted by Gasteiger charge is -2.23. The smallest absolute Gasteiger partial charge is 0.261 e. The van der Waals surface area contributed by atoms with Crippen molar-refractivity contribution in [3.05, 3.63) is 96.1 Å². The molecule has 0 aliphatic rings. The molecule has 0 unspecified atom stereocenters. The zero-order valence-electron chi connectivity index (χ0n) is 16.6. The number of nitrogens with zero attached hydrogens (tertiary/aromatic N) is 1. The van der Waals surface area contributed by atoms with E-state index in [-0.39, 0.29) is 10.8 Å². The summed E-state index contributed by atoms with van der Waals surface area (Å²) in [5.41, 5.74) is 7.56. The minimum Gasteiger partial charge on any atom is -0.334 e. The summed E-state index contributed by atoms with van der Waals surface area (Å²) >= 11 is 0. The molecule has 1 amide bonds. The molecule has 0 radical (unpaired) electrons. The van der Waals surface area contributed by atoms with Crippen molar-refractivity contribution in [1.29, 1.82) is 0 Å². The quantitative estimate of drug-likeness (QED) is 0.551. The van der Waals surface area contributed by atoms with Gasteiger partial charge in [-0.2, -0.15) is 0 Å². The van der Waals surface area contributed by atoms with Gasteiger partial charge < -0.3 is 10.6 Å². The van der Waals surface area contributed by atoms with Gasteiger partial charge in [-0.05, 0) is 54.9 Å². The average molecular weight is 424 g/mol. The third kappa shape index (κ3) is 5.68. The maximum absolute atomic E-state index is 13.0. The number of carbonyl (C=O) groups is 1. The van der Waals surface area contributed by atoms with Crippen molar-refractivity contribution >= 4 is 21.6 Å². The van der Waals surface area contributed by atoms with E-state index >= 15 is 0 Å². The first kappa shape index (κ1) is 21.5. The molecule has 3 aromatic rings. The number of hydrogen-bond acceptors (Lipinski definition) is 4. The second kappa shape index (κ2) is 10.0. The predicted molar refractivity (Wildman–Crippen MR) is 119 cm³/mol. The molecule has 0 fully saturated rings. The SMILES string of the molecule is NCCCN(Cc1ccccc1)C(=O)c1ccc(S(=O)(=O)Nc2ccccc2)cc1. The fraction of sp³-hybridized carbons (Fsp3) is 0.174. The second-order valence-electron chi connectivity index (χ2n) is 6.85. The molecule has 6 nitrogen and oxygen atoms in total. The third-order valence-electron chi connectivity index (χ3n) is 4.57. The molecule has 0 aliphatic heterocycles. The van der Waals surface area contributed by atoms with Crippen LogP contribution in [0.4, 0.5) is 5.69 Å². The lowest BCUT2D eigenvalue weighted by molar-refractivity contribution is 0.0742. The Bertz CT molecular complexity index is 1050. The Morgan fingerprint density at radius 2 is 1.47 bits per heavy atom. The molecule has 0 bridgehead atoms. The molecule has 0 aromatic heterocycles. The van der Waals surface area contributed by atoms with E-state index in [2.05, 4.69) is 4.72 Å². The van der Waals surface area contributed by atoms with E-state index in [1.165, 1.54) is 12.1 Å². The van der Waals surface area contributed by atoms with Crippen molar-refractivity contribution < 1.29 is 13.2 Å². The molecule has 0 atom stereocenters. The van der Waals surface area contributed by atoms with Crippen LogP contribution in [0.5, 0.6) is 0 Å². The molecular formula is C23H25N3O3S. The highest BCUT2D eigenvalue weighted by Gasteiger charge is 2.18. The van der Waals surface area contributed by atoms with Gasteiger partial charge in [-0.15, -0.1) is 0 Å². The van der Waals surface area contributed by atoms with E-state index in [0.29, 0.717) is 37.3 Å². The first-order valence-corrected chi connectivity index (χ1v) is 11.2. The zero-order valence-corrected chi connectivity index (χ0v) is 17.4. The number of carbonyl (C=O) groups excluding carboxylic acids is 1. The summed E-state index contributed by atoms with van der Waals surface area (Å²) in [6.07, 6.45) is 0.687. The molecule has 156 valence electrons. The Morgan fingerprint density at radius 3 is 2.07 bits per heavy atom. The molecule has 3 rings (SSSR count). The summed E-state index contributed by atoms with van der Waals surface area (Å²) in [7, 11) is -3.73. The summed E-state index contributed by atoms with van der Waals surface area (Å²) < 4.78 is 27.7. The Hall–Kier alpha value is -3.16. The Balaban J connectivity index is 1.76. The second-order valence-corrected chi connectivity index (χ2v) is 8.53. The third-order valence-corrected chi connectivity index (χ3v) is 5.97. The van der Waals surface area contributed by atoms with E-state index in [4.69, 9.17) is 5.73 Å². The number of nitrogens with one attached hydrogen (secondary N) is 1. The fourth-order valence-electron chi connectivity index (χ4n) is 3.02. The van der Waals surface area contributed by atoms with E-state index in [9.17, 15) is 13.2 Å². The van der Waals surface area contributed by atoms with Gasteiger partial charge in [0.15, 0.2) is 0 Å². The lowest BCUT2D eigenvalue weighted by Crippen LogP contribution is -2.32. The highest BCUT2D eigenvalue weighted by molar-refractivity contribution is 7.92. The van der Waals surface area contributed by atoms with Crippen LogP contribution in [0.2, 0.25) is 0 Å². The number of nitrogens with two attached hydrogens (primary N) is 1. The predicted octanol–water partition coefficient (Wildman–Crippen LogP) is 3.48. The fourth-order valence-corrected chi connectivity index (χ4v) is 4.08. The van der Waals surface area contributed by atoms with Gasteiger partial charge in [0.25, 0.3) is 15.9 Å². The zero-order chi connectivity index (χ0) is 21.4. The van der Waals surface area contributed by atoms with Gasteiger partial charge in [-0.1, -0.05) is 48.5 Å². The molecule has 0 saturated carbocycles. The maximum Gasteiger partial charge on any atom is 0.261 e. The molecule has 0 saturated heterocycles. The number of sulfonamides is 1. The van der Waals surface area contributed by atoms with Crippen LogP contribution in [0, 0.1) is 0 Å². The number of para-hydroxylation sites is 1. The van der Waals surface area contributed by atoms with Gasteiger partial charge in [0.2, 0.25) is 0 Å². The van der Waals surface area contributed by atoms with Gasteiger partial charge in [0.1, 0.15) is 0 Å². The van der Waals surface area contributed by atoms with Crippen LogP contribution in [-0.4, -0.2) is 32.3 Å². The van der Waals surface area contributed by atoms with Crippen LogP contribution in [-0.2, 0) is 16.6 Å². The average Bonchev–Trinajstić information content (AvgIpc) is 2.77. The summed E-state index contributed by atoms with van der Waals surface area (Å²) in [5.74, 6) is -0.160. The molecule has 0 spiro atoms. The number of anilines is 1. The molecule has 3 N–H and O–H groups in total. The first-order valence-electron chi connectivity index (χ1n) is 9.71. The first-order chi connectivity index (χ1) is 14.5. The van der Waals surface area contributed by atoms with Crippen molar-refractivity contribution in [3.8, 4) is 0 Å². The van der Waals surface area contributed by atoms with E-state index in [1.807, 2.05) is 36.4 Å². The standard InChI is InChI=1S/C23H25N3O3S/c24-16-7-17-26(18-19-8-3-1-4-9-19)23(27)20-12-14-22(15-13-20)30(28,29)25-21-10-5-2-6-11-21/h1-6,8-15,25H,7,16-18,24H2. The highest BCUT2D eigenvalue weighted by atomic mass is 32.2. The highest BCUT2D eigenvalue weighted by Crippen LogP contribution is 2.18. The summed E-state index contributed by atoms with van der Waals surface area (Å²) in [6.45, 7) is 1.48. The van der Waals surface area contributed by atoms with Crippen LogP contribution < -0.4 is 10.5 Å². The molecule has 0 heterocycles. The maximum atomic E-state index is 13.0. The van der Waals surface area contributed by atoms with Gasteiger partial charge >= 0.3 is 0 Å². The van der Waals surface area contributed by atoms with Crippen LogP contribution in [0.15, 0.2) is 89.8 Å². The number of rotatable bonds is 9. The van der Waals surface area contributed by atoms with Crippen molar-refractivity contribution in [2.75, 3.05) is 17.8 Å². The molecule has 0 aliphatic carbocycles. The monoisotopic (exact) mass is 423 g/mol. The van der Waals surface area contributed by atoms with Gasteiger partial charge in [0.05, 0.1) is 4.90 Å². The molecule has 30 heavy (non-hydrogen) atoms. The normalized spacial score (nSPS) is 11.1. The van der Waals surface area contributed by atoms with Crippen molar-refractivity contribution in [1.82, 2.24) is 4.90 Å². The van der Waals surface area contributed by atoms with E-state index in [0.717, 1.165) is 5.56 Å². The van der Waals surface area contributed by atoms with E-state index in [1.54, 1.807) is 41.3 Å². The van der Waals surface area contributed by atoms with Crippen LogP contribution >= 0.6 is 0 Å². The van der Waals surface area contributed by atoms with Crippen molar-refractivity contribution in [3.63, 3.8) is 0 Å². The summed E-state index contributed by atoms with van der Waals surface area (Å²) in [4.78, 5) is 14.9. The largest absolute Gasteiger partial charge is 0.334 e. The van der Waals surface area contributed by atoms with Gasteiger partial charge in [0, 0.05) is 24.3 Å². The van der Waals surface area contributed by atoms with Crippen molar-refractivity contribution in [2.45, 2.75) is 17.9 Å². The van der Waals surface area contributed by atoms with Gasteiger partial charge in [-0.25, -0.2) is 8.42 Å². The van der Waals surface area contributed by atoms with E-state index < -0.39 is 10.0 Å². The Kier molecular flexibility index (Phi) is 7.21. The lowest BCUT2D eigenvalue weighted by atomic mass is 10.1. The Labute approximate surface area is 177 Å². The van der Waals surface area contributed by atoms with Crippen molar-refractivity contribution in [2.24, 2.45) is 5.73 Å². The molecular weight excluding hydrogens is 398 g/mol. The number of amides is 1. The minimum absolute atomic E-state index is 0.0967. The summed E-state index contributed by atoms with van der Waals surface area (Å²) in [6, 6.07) is 24.4. The molecule has 7 heteroatoms. The number of benzene rings is 3. The van der Waals surface area contributed by atoms with Gasteiger partial charge in [-0.3, -0.25) is 9.52 Å². The molecule has 3 aromatic carbocycles.